The summed E-state index contributed by atoms with van der Waals surface area (Å²) in [6.45, 7) is 1.86. The average molecular weight is 381 g/mol. The maximum Gasteiger partial charge on any atom is 0.257 e. The van der Waals surface area contributed by atoms with Crippen molar-refractivity contribution in [3.05, 3.63) is 48.4 Å². The topological polar surface area (TPSA) is 82.9 Å². The number of rotatable bonds is 4. The molecule has 3 amide bonds. The van der Waals surface area contributed by atoms with Gasteiger partial charge in [0.15, 0.2) is 0 Å². The van der Waals surface area contributed by atoms with Crippen LogP contribution in [0.15, 0.2) is 47.3 Å². The largest absolute Gasteiger partial charge is 0.472 e. The molecule has 1 N–H and O–H groups in total. The Balaban J connectivity index is 1.30. The zero-order chi connectivity index (χ0) is 19.5. The minimum absolute atomic E-state index is 0.0274. The minimum atomic E-state index is -0.117. The summed E-state index contributed by atoms with van der Waals surface area (Å²) in [6, 6.07) is 9.04. The average Bonchev–Trinajstić information content (AvgIpc) is 3.40. The number of carbonyl (C=O) groups excluding carboxylic acids is 3. The van der Waals surface area contributed by atoms with Crippen LogP contribution in [0.4, 0.5) is 11.4 Å². The molecule has 2 aliphatic heterocycles. The number of nitrogens with one attached hydrogen (secondary N) is 1. The van der Waals surface area contributed by atoms with Crippen LogP contribution >= 0.6 is 0 Å². The van der Waals surface area contributed by atoms with Gasteiger partial charge in [-0.25, -0.2) is 0 Å². The van der Waals surface area contributed by atoms with E-state index in [1.165, 1.54) is 12.5 Å². The Hall–Kier alpha value is -3.09. The molecule has 146 valence electrons. The molecule has 1 aromatic carbocycles. The maximum atomic E-state index is 12.6. The molecule has 1 aromatic heterocycles. The molecule has 0 radical (unpaired) electrons. The molecule has 0 aliphatic carbocycles. The number of piperidine rings is 1. The SMILES string of the molecule is O=C(Nc1ccc(N2CCCC2=O)cc1)C1CCN(C(=O)c2ccoc2)CC1. The van der Waals surface area contributed by atoms with Gasteiger partial charge in [0, 0.05) is 43.3 Å². The molecule has 3 heterocycles. The van der Waals surface area contributed by atoms with E-state index in [4.69, 9.17) is 4.42 Å². The summed E-state index contributed by atoms with van der Waals surface area (Å²) >= 11 is 0. The third-order valence-electron chi connectivity index (χ3n) is 5.44. The Bertz CT molecular complexity index is 852. The van der Waals surface area contributed by atoms with Crippen molar-refractivity contribution in [3.63, 3.8) is 0 Å². The monoisotopic (exact) mass is 381 g/mol. The molecule has 0 atom stereocenters. The van der Waals surface area contributed by atoms with Gasteiger partial charge in [0.05, 0.1) is 11.8 Å². The first-order chi connectivity index (χ1) is 13.6. The third-order valence-corrected chi connectivity index (χ3v) is 5.44. The van der Waals surface area contributed by atoms with Gasteiger partial charge in [-0.2, -0.15) is 0 Å². The molecule has 7 nitrogen and oxygen atoms in total. The van der Waals surface area contributed by atoms with Gasteiger partial charge in [-0.05, 0) is 49.6 Å². The number of hydrogen-bond acceptors (Lipinski definition) is 4. The van der Waals surface area contributed by atoms with E-state index in [-0.39, 0.29) is 23.6 Å². The fraction of sp³-hybridized carbons (Fsp3) is 0.381. The van der Waals surface area contributed by atoms with Crippen molar-refractivity contribution in [2.75, 3.05) is 29.9 Å². The van der Waals surface area contributed by atoms with Crippen molar-refractivity contribution >= 4 is 29.1 Å². The number of furan rings is 1. The van der Waals surface area contributed by atoms with Crippen molar-refractivity contribution in [3.8, 4) is 0 Å². The molecule has 0 saturated carbocycles. The lowest BCUT2D eigenvalue weighted by atomic mass is 9.95. The number of carbonyl (C=O) groups is 3. The molecule has 4 rings (SSSR count). The van der Waals surface area contributed by atoms with E-state index in [9.17, 15) is 14.4 Å². The van der Waals surface area contributed by atoms with Gasteiger partial charge >= 0.3 is 0 Å². The number of hydrogen-bond donors (Lipinski definition) is 1. The Morgan fingerprint density at radius 2 is 1.79 bits per heavy atom. The quantitative estimate of drug-likeness (QED) is 0.883. The van der Waals surface area contributed by atoms with E-state index in [0.29, 0.717) is 37.9 Å². The predicted octanol–water partition coefficient (Wildman–Crippen LogP) is 2.90. The summed E-state index contributed by atoms with van der Waals surface area (Å²) in [7, 11) is 0. The van der Waals surface area contributed by atoms with Crippen LogP contribution in [0.3, 0.4) is 0 Å². The van der Waals surface area contributed by atoms with Crippen molar-refractivity contribution in [1.82, 2.24) is 4.90 Å². The molecule has 2 aromatic rings. The maximum absolute atomic E-state index is 12.6. The zero-order valence-corrected chi connectivity index (χ0v) is 15.6. The fourth-order valence-corrected chi connectivity index (χ4v) is 3.80. The van der Waals surface area contributed by atoms with Crippen LogP contribution in [0.5, 0.6) is 0 Å². The first kappa shape index (κ1) is 18.3. The Kier molecular flexibility index (Phi) is 5.14. The van der Waals surface area contributed by atoms with Gasteiger partial charge < -0.3 is 19.5 Å². The van der Waals surface area contributed by atoms with Gasteiger partial charge in [0.25, 0.3) is 5.91 Å². The van der Waals surface area contributed by atoms with Crippen LogP contribution in [-0.2, 0) is 9.59 Å². The van der Waals surface area contributed by atoms with E-state index >= 15 is 0 Å². The van der Waals surface area contributed by atoms with Crippen LogP contribution in [0.1, 0.15) is 36.0 Å². The highest BCUT2D eigenvalue weighted by Gasteiger charge is 2.28. The molecule has 2 saturated heterocycles. The second kappa shape index (κ2) is 7.88. The summed E-state index contributed by atoms with van der Waals surface area (Å²) in [5.41, 5.74) is 2.13. The van der Waals surface area contributed by atoms with Crippen molar-refractivity contribution < 1.29 is 18.8 Å². The van der Waals surface area contributed by atoms with E-state index in [0.717, 1.165) is 24.3 Å². The molecule has 0 spiro atoms. The molecule has 2 aliphatic rings. The van der Waals surface area contributed by atoms with Crippen LogP contribution in [0.25, 0.3) is 0 Å². The number of likely N-dealkylation sites (tertiary alicyclic amines) is 1. The summed E-state index contributed by atoms with van der Waals surface area (Å²) in [6.07, 6.45) is 5.68. The first-order valence-corrected chi connectivity index (χ1v) is 9.64. The smallest absolute Gasteiger partial charge is 0.257 e. The number of nitrogens with zero attached hydrogens (tertiary/aromatic N) is 2. The van der Waals surface area contributed by atoms with Gasteiger partial charge in [-0.1, -0.05) is 0 Å². The van der Waals surface area contributed by atoms with Gasteiger partial charge in [0.1, 0.15) is 6.26 Å². The molecule has 28 heavy (non-hydrogen) atoms. The van der Waals surface area contributed by atoms with Crippen LogP contribution < -0.4 is 10.2 Å². The number of amides is 3. The molecule has 0 bridgehead atoms. The highest BCUT2D eigenvalue weighted by Crippen LogP contribution is 2.25. The van der Waals surface area contributed by atoms with E-state index in [2.05, 4.69) is 5.32 Å². The zero-order valence-electron chi connectivity index (χ0n) is 15.6. The van der Waals surface area contributed by atoms with E-state index < -0.39 is 0 Å². The van der Waals surface area contributed by atoms with Gasteiger partial charge in [0.2, 0.25) is 11.8 Å². The minimum Gasteiger partial charge on any atom is -0.472 e. The molecular weight excluding hydrogens is 358 g/mol. The number of benzene rings is 1. The molecule has 7 heteroatoms. The lowest BCUT2D eigenvalue weighted by Gasteiger charge is -2.31. The highest BCUT2D eigenvalue weighted by atomic mass is 16.3. The normalized spacial score (nSPS) is 17.8. The fourth-order valence-electron chi connectivity index (χ4n) is 3.80. The van der Waals surface area contributed by atoms with Crippen molar-refractivity contribution in [1.29, 1.82) is 0 Å². The molecular formula is C21H23N3O4. The second-order valence-electron chi connectivity index (χ2n) is 7.26. The lowest BCUT2D eigenvalue weighted by molar-refractivity contribution is -0.121. The van der Waals surface area contributed by atoms with Crippen molar-refractivity contribution in [2.45, 2.75) is 25.7 Å². The Morgan fingerprint density at radius 1 is 1.04 bits per heavy atom. The summed E-state index contributed by atoms with van der Waals surface area (Å²) in [4.78, 5) is 40.3. The van der Waals surface area contributed by atoms with E-state index in [1.54, 1.807) is 15.9 Å². The third kappa shape index (κ3) is 3.78. The summed E-state index contributed by atoms with van der Waals surface area (Å²) in [5, 5.41) is 2.95. The standard InChI is InChI=1S/C21H23N3O4/c25-19-2-1-10-24(19)18-5-3-17(4-6-18)22-20(26)15-7-11-23(12-8-15)21(27)16-9-13-28-14-16/h3-6,9,13-15H,1-2,7-8,10-12H2,(H,22,26). The van der Waals surface area contributed by atoms with Gasteiger partial charge in [-0.15, -0.1) is 0 Å². The van der Waals surface area contributed by atoms with Crippen LogP contribution in [0, 0.1) is 5.92 Å². The Morgan fingerprint density at radius 3 is 2.39 bits per heavy atom. The van der Waals surface area contributed by atoms with E-state index in [1.807, 2.05) is 24.3 Å². The van der Waals surface area contributed by atoms with Crippen molar-refractivity contribution in [2.24, 2.45) is 5.92 Å². The molecule has 2 fully saturated rings. The second-order valence-corrected chi connectivity index (χ2v) is 7.26. The Labute approximate surface area is 163 Å². The first-order valence-electron chi connectivity index (χ1n) is 9.64. The molecule has 0 unspecified atom stereocenters. The lowest BCUT2D eigenvalue weighted by Crippen LogP contribution is -2.41. The van der Waals surface area contributed by atoms with Gasteiger partial charge in [-0.3, -0.25) is 14.4 Å². The van der Waals surface area contributed by atoms with Crippen LogP contribution in [0.2, 0.25) is 0 Å². The highest BCUT2D eigenvalue weighted by molar-refractivity contribution is 5.97. The number of anilines is 2. The summed E-state index contributed by atoms with van der Waals surface area (Å²) < 4.78 is 4.97. The van der Waals surface area contributed by atoms with Crippen LogP contribution in [-0.4, -0.2) is 42.3 Å². The predicted molar refractivity (Wildman–Crippen MR) is 104 cm³/mol. The summed E-state index contributed by atoms with van der Waals surface area (Å²) in [5.74, 6) is -0.0539.